The van der Waals surface area contributed by atoms with Crippen molar-refractivity contribution in [2.24, 2.45) is 0 Å². The smallest absolute Gasteiger partial charge is 0.0494 e. The number of hydrogen-bond acceptors (Lipinski definition) is 2. The molecule has 8 aromatic carbocycles. The minimum Gasteiger partial charge on any atom is -0.345 e. The summed E-state index contributed by atoms with van der Waals surface area (Å²) >= 11 is 0. The number of rotatable bonds is 4. The Morgan fingerprint density at radius 2 is 0.773 bits per heavy atom. The summed E-state index contributed by atoms with van der Waals surface area (Å²) in [5.41, 5.74) is 4.83. The largest absolute Gasteiger partial charge is 0.345 e. The molecule has 0 bridgehead atoms. The third kappa shape index (κ3) is 5.34. The van der Waals surface area contributed by atoms with E-state index in [4.69, 9.17) is 0 Å². The lowest BCUT2D eigenvalue weighted by Gasteiger charge is -2.22. The van der Waals surface area contributed by atoms with Crippen LogP contribution < -0.4 is 9.80 Å². The van der Waals surface area contributed by atoms with Crippen molar-refractivity contribution in [1.82, 2.24) is 0 Å². The molecule has 0 spiro atoms. The lowest BCUT2D eigenvalue weighted by molar-refractivity contribution is 1.21. The molecule has 0 saturated heterocycles. The van der Waals surface area contributed by atoms with E-state index in [1.807, 2.05) is 6.07 Å². The summed E-state index contributed by atoms with van der Waals surface area (Å²) in [6.45, 7) is 0. The molecule has 0 fully saturated rings. The quantitative estimate of drug-likeness (QED) is 0.154. The predicted molar refractivity (Wildman–Crippen MR) is 192 cm³/mol. The first-order chi connectivity index (χ1) is 21.7. The summed E-state index contributed by atoms with van der Waals surface area (Å²) in [6, 6.07) is 60.1. The Morgan fingerprint density at radius 3 is 1.43 bits per heavy atom. The summed E-state index contributed by atoms with van der Waals surface area (Å²) in [4.78, 5) is 4.48. The molecule has 2 nitrogen and oxygen atoms in total. The average Bonchev–Trinajstić information content (AvgIpc) is 3.10. The molecule has 2 heteroatoms. The molecule has 0 atom stereocenters. The van der Waals surface area contributed by atoms with Gasteiger partial charge in [0.15, 0.2) is 0 Å². The van der Waals surface area contributed by atoms with E-state index >= 15 is 0 Å². The van der Waals surface area contributed by atoms with Crippen molar-refractivity contribution >= 4 is 65.8 Å². The fourth-order valence-corrected chi connectivity index (χ4v) is 6.04. The topological polar surface area (TPSA) is 6.48 Å². The van der Waals surface area contributed by atoms with Gasteiger partial charge in [0, 0.05) is 42.2 Å². The van der Waals surface area contributed by atoms with Crippen LogP contribution in [0.1, 0.15) is 0 Å². The fourth-order valence-electron chi connectivity index (χ4n) is 6.04. The van der Waals surface area contributed by atoms with Crippen LogP contribution in [0.25, 0.3) is 43.1 Å². The minimum absolute atomic E-state index is 1.20. The molecule has 44 heavy (non-hydrogen) atoms. The van der Waals surface area contributed by atoms with Crippen molar-refractivity contribution in [1.29, 1.82) is 0 Å². The summed E-state index contributed by atoms with van der Waals surface area (Å²) in [5, 5.41) is 10.3. The molecule has 0 aliphatic heterocycles. The first kappa shape index (κ1) is 27.2. The van der Waals surface area contributed by atoms with Crippen LogP contribution in [-0.2, 0) is 0 Å². The highest BCUT2D eigenvalue weighted by Crippen LogP contribution is 2.36. The highest BCUT2D eigenvalue weighted by Gasteiger charge is 2.11. The number of anilines is 4. The standard InChI is InChI=1S/2C21H17N/c1-22(17-10-3-2-4-11-17)21-15-16-9-5-6-12-18(16)19-13-7-8-14-20(19)21;1-22(20-9-3-2-4-10-20)21-12-11-18-13-16-7-5-6-8-17(16)14-19(18)15-21/h2*2-15H,1H3. The number of nitrogens with zero attached hydrogens (tertiary/aromatic N) is 2. The van der Waals surface area contributed by atoms with Crippen molar-refractivity contribution < 1.29 is 0 Å². The van der Waals surface area contributed by atoms with Gasteiger partial charge in [0.05, 0.1) is 0 Å². The Morgan fingerprint density at radius 1 is 0.295 bits per heavy atom. The first-order valence-corrected chi connectivity index (χ1v) is 15.1. The van der Waals surface area contributed by atoms with Crippen molar-refractivity contribution in [3.63, 3.8) is 0 Å². The average molecular weight is 567 g/mol. The molecular formula is C42H34N2. The van der Waals surface area contributed by atoms with Crippen LogP contribution in [0.5, 0.6) is 0 Å². The normalized spacial score (nSPS) is 11.0. The van der Waals surface area contributed by atoms with E-state index in [9.17, 15) is 0 Å². The van der Waals surface area contributed by atoms with Gasteiger partial charge in [-0.05, 0) is 92.3 Å². The van der Waals surface area contributed by atoms with Crippen LogP contribution in [0.15, 0.2) is 170 Å². The molecule has 0 radical (unpaired) electrons. The molecule has 0 heterocycles. The maximum atomic E-state index is 2.28. The van der Waals surface area contributed by atoms with Crippen LogP contribution in [0.3, 0.4) is 0 Å². The highest BCUT2D eigenvalue weighted by molar-refractivity contribution is 6.13. The second-order valence-corrected chi connectivity index (χ2v) is 11.2. The van der Waals surface area contributed by atoms with E-state index in [0.29, 0.717) is 0 Å². The molecular weight excluding hydrogens is 532 g/mol. The molecule has 0 aromatic heterocycles. The van der Waals surface area contributed by atoms with E-state index in [1.54, 1.807) is 0 Å². The maximum absolute atomic E-state index is 2.28. The van der Waals surface area contributed by atoms with Gasteiger partial charge in [-0.3, -0.25) is 0 Å². The molecule has 0 aliphatic rings. The third-order valence-electron chi connectivity index (χ3n) is 8.47. The van der Waals surface area contributed by atoms with Crippen LogP contribution in [-0.4, -0.2) is 14.1 Å². The fraction of sp³-hybridized carbons (Fsp3) is 0.0476. The molecule has 212 valence electrons. The third-order valence-corrected chi connectivity index (χ3v) is 8.47. The molecule has 0 saturated carbocycles. The van der Waals surface area contributed by atoms with Crippen molar-refractivity contribution in [2.75, 3.05) is 23.9 Å². The van der Waals surface area contributed by atoms with Gasteiger partial charge in [0.1, 0.15) is 0 Å². The Hall–Kier alpha value is -5.60. The molecule has 0 aliphatic carbocycles. The van der Waals surface area contributed by atoms with Crippen molar-refractivity contribution in [3.05, 3.63) is 170 Å². The molecule has 8 aromatic rings. The Labute approximate surface area is 259 Å². The first-order valence-electron chi connectivity index (χ1n) is 15.1. The van der Waals surface area contributed by atoms with Crippen LogP contribution in [0.4, 0.5) is 22.7 Å². The number of hydrogen-bond donors (Lipinski definition) is 0. The number of fused-ring (bicyclic) bond motifs is 5. The van der Waals surface area contributed by atoms with Crippen molar-refractivity contribution in [2.45, 2.75) is 0 Å². The van der Waals surface area contributed by atoms with Gasteiger partial charge < -0.3 is 9.80 Å². The van der Waals surface area contributed by atoms with Gasteiger partial charge in [-0.25, -0.2) is 0 Å². The zero-order valence-electron chi connectivity index (χ0n) is 25.1. The van der Waals surface area contributed by atoms with Crippen molar-refractivity contribution in [3.8, 4) is 0 Å². The Balaban J connectivity index is 0.000000142. The van der Waals surface area contributed by atoms with Gasteiger partial charge in [-0.1, -0.05) is 115 Å². The minimum atomic E-state index is 1.20. The number of benzene rings is 8. The zero-order valence-corrected chi connectivity index (χ0v) is 25.1. The van der Waals surface area contributed by atoms with Gasteiger partial charge in [-0.2, -0.15) is 0 Å². The van der Waals surface area contributed by atoms with Crippen LogP contribution in [0, 0.1) is 0 Å². The molecule has 0 unspecified atom stereocenters. The lowest BCUT2D eigenvalue weighted by Crippen LogP contribution is -2.09. The molecule has 0 amide bonds. The highest BCUT2D eigenvalue weighted by atomic mass is 15.1. The van der Waals surface area contributed by atoms with E-state index in [0.717, 1.165) is 0 Å². The SMILES string of the molecule is CN(c1ccccc1)c1cc2ccccc2c2ccccc12.CN(c1ccccc1)c1ccc2cc3ccccc3cc2c1. The second kappa shape index (κ2) is 11.9. The molecule has 8 rings (SSSR count). The van der Waals surface area contributed by atoms with E-state index < -0.39 is 0 Å². The summed E-state index contributed by atoms with van der Waals surface area (Å²) < 4.78 is 0. The van der Waals surface area contributed by atoms with E-state index in [-0.39, 0.29) is 0 Å². The summed E-state index contributed by atoms with van der Waals surface area (Å²) in [6.07, 6.45) is 0. The monoisotopic (exact) mass is 566 g/mol. The Bertz CT molecular complexity index is 2200. The zero-order chi connectivity index (χ0) is 29.9. The lowest BCUT2D eigenvalue weighted by atomic mass is 9.99. The Kier molecular flexibility index (Phi) is 7.40. The van der Waals surface area contributed by atoms with Crippen LogP contribution in [0.2, 0.25) is 0 Å². The second-order valence-electron chi connectivity index (χ2n) is 11.2. The molecule has 0 N–H and O–H groups in total. The van der Waals surface area contributed by atoms with Gasteiger partial charge in [0.2, 0.25) is 0 Å². The van der Waals surface area contributed by atoms with Gasteiger partial charge >= 0.3 is 0 Å². The maximum Gasteiger partial charge on any atom is 0.0494 e. The predicted octanol–water partition coefficient (Wildman–Crippen LogP) is 11.5. The number of para-hydroxylation sites is 2. The summed E-state index contributed by atoms with van der Waals surface area (Å²) in [5.74, 6) is 0. The van der Waals surface area contributed by atoms with E-state index in [2.05, 4.69) is 188 Å². The van der Waals surface area contributed by atoms with E-state index in [1.165, 1.54) is 65.8 Å². The van der Waals surface area contributed by atoms with Gasteiger partial charge in [-0.15, -0.1) is 0 Å². The summed E-state index contributed by atoms with van der Waals surface area (Å²) in [7, 11) is 4.24. The van der Waals surface area contributed by atoms with Crippen LogP contribution >= 0.6 is 0 Å². The van der Waals surface area contributed by atoms with Gasteiger partial charge in [0.25, 0.3) is 0 Å².